The predicted octanol–water partition coefficient (Wildman–Crippen LogP) is 3.61. The van der Waals surface area contributed by atoms with Crippen molar-refractivity contribution >= 4 is 0 Å². The van der Waals surface area contributed by atoms with Crippen molar-refractivity contribution in [3.05, 3.63) is 29.8 Å². The Labute approximate surface area is 105 Å². The van der Waals surface area contributed by atoms with Crippen molar-refractivity contribution in [2.45, 2.75) is 46.7 Å². The molecule has 0 aliphatic rings. The maximum atomic E-state index is 5.49. The summed E-state index contributed by atoms with van der Waals surface area (Å²) in [5.74, 6) is 1.67. The Kier molecular flexibility index (Phi) is 6.06. The fourth-order valence-corrected chi connectivity index (χ4v) is 1.75. The van der Waals surface area contributed by atoms with Crippen LogP contribution in [0.3, 0.4) is 0 Å². The summed E-state index contributed by atoms with van der Waals surface area (Å²) in [6.07, 6.45) is 1.22. The Hall–Kier alpha value is -1.02. The highest BCUT2D eigenvalue weighted by atomic mass is 16.5. The van der Waals surface area contributed by atoms with E-state index in [1.807, 2.05) is 13.0 Å². The lowest BCUT2D eigenvalue weighted by Crippen LogP contribution is -2.31. The third-order valence-electron chi connectivity index (χ3n) is 3.34. The first-order valence-corrected chi connectivity index (χ1v) is 6.62. The molecule has 0 amide bonds. The van der Waals surface area contributed by atoms with Crippen molar-refractivity contribution in [3.8, 4) is 5.75 Å². The lowest BCUT2D eigenvalue weighted by atomic mass is 10.0. The van der Waals surface area contributed by atoms with Gasteiger partial charge in [-0.05, 0) is 37.5 Å². The van der Waals surface area contributed by atoms with Crippen LogP contribution in [-0.4, -0.2) is 12.6 Å². The number of hydrogen-bond acceptors (Lipinski definition) is 2. The third kappa shape index (κ3) is 4.78. The molecule has 96 valence electrons. The molecule has 0 fully saturated rings. The van der Waals surface area contributed by atoms with E-state index in [9.17, 15) is 0 Å². The molecule has 2 unspecified atom stereocenters. The van der Waals surface area contributed by atoms with Crippen molar-refractivity contribution in [2.75, 3.05) is 6.61 Å². The SMILES string of the molecule is CCOc1cccc(CNC(C)C(C)CC)c1. The smallest absolute Gasteiger partial charge is 0.119 e. The molecule has 1 aromatic carbocycles. The lowest BCUT2D eigenvalue weighted by Gasteiger charge is -2.20. The van der Waals surface area contributed by atoms with Crippen LogP contribution in [0.1, 0.15) is 39.7 Å². The first-order valence-electron chi connectivity index (χ1n) is 6.62. The van der Waals surface area contributed by atoms with E-state index in [1.165, 1.54) is 12.0 Å². The van der Waals surface area contributed by atoms with Crippen molar-refractivity contribution in [1.29, 1.82) is 0 Å². The summed E-state index contributed by atoms with van der Waals surface area (Å²) in [5, 5.41) is 3.56. The van der Waals surface area contributed by atoms with Crippen LogP contribution in [0.25, 0.3) is 0 Å². The lowest BCUT2D eigenvalue weighted by molar-refractivity contribution is 0.339. The van der Waals surface area contributed by atoms with Gasteiger partial charge in [-0.3, -0.25) is 0 Å². The summed E-state index contributed by atoms with van der Waals surface area (Å²) in [6.45, 7) is 10.4. The Morgan fingerprint density at radius 1 is 1.24 bits per heavy atom. The predicted molar refractivity (Wildman–Crippen MR) is 73.4 cm³/mol. The van der Waals surface area contributed by atoms with Crippen molar-refractivity contribution in [3.63, 3.8) is 0 Å². The molecule has 1 aromatic rings. The molecule has 2 heteroatoms. The van der Waals surface area contributed by atoms with Crippen LogP contribution in [0, 0.1) is 5.92 Å². The Morgan fingerprint density at radius 2 is 2.00 bits per heavy atom. The third-order valence-corrected chi connectivity index (χ3v) is 3.34. The zero-order valence-electron chi connectivity index (χ0n) is 11.5. The molecule has 0 radical (unpaired) electrons. The number of hydrogen-bond donors (Lipinski definition) is 1. The number of nitrogens with one attached hydrogen (secondary N) is 1. The molecule has 0 aromatic heterocycles. The largest absolute Gasteiger partial charge is 0.494 e. The van der Waals surface area contributed by atoms with E-state index in [-0.39, 0.29) is 0 Å². The van der Waals surface area contributed by atoms with Crippen LogP contribution in [0.5, 0.6) is 5.75 Å². The molecule has 0 aliphatic carbocycles. The van der Waals surface area contributed by atoms with Gasteiger partial charge in [0, 0.05) is 12.6 Å². The van der Waals surface area contributed by atoms with E-state index in [4.69, 9.17) is 4.74 Å². The molecule has 0 bridgehead atoms. The maximum absolute atomic E-state index is 5.49. The second kappa shape index (κ2) is 7.33. The fourth-order valence-electron chi connectivity index (χ4n) is 1.75. The number of benzene rings is 1. The van der Waals surface area contributed by atoms with Gasteiger partial charge in [0.1, 0.15) is 5.75 Å². The summed E-state index contributed by atoms with van der Waals surface area (Å²) in [7, 11) is 0. The monoisotopic (exact) mass is 235 g/mol. The van der Waals surface area contributed by atoms with Crippen LogP contribution in [0.2, 0.25) is 0 Å². The van der Waals surface area contributed by atoms with E-state index in [1.54, 1.807) is 0 Å². The topological polar surface area (TPSA) is 21.3 Å². The van der Waals surface area contributed by atoms with Gasteiger partial charge in [0.05, 0.1) is 6.61 Å². The van der Waals surface area contributed by atoms with E-state index in [0.29, 0.717) is 12.0 Å². The summed E-state index contributed by atoms with van der Waals surface area (Å²) in [4.78, 5) is 0. The van der Waals surface area contributed by atoms with Gasteiger partial charge >= 0.3 is 0 Å². The average Bonchev–Trinajstić information content (AvgIpc) is 2.36. The zero-order chi connectivity index (χ0) is 12.7. The second-order valence-corrected chi connectivity index (χ2v) is 4.64. The first kappa shape index (κ1) is 14.0. The molecule has 1 rings (SSSR count). The highest BCUT2D eigenvalue weighted by molar-refractivity contribution is 5.28. The molecule has 0 saturated carbocycles. The molecular formula is C15H25NO. The van der Waals surface area contributed by atoms with Crippen molar-refractivity contribution in [1.82, 2.24) is 5.32 Å². The van der Waals surface area contributed by atoms with Crippen molar-refractivity contribution < 1.29 is 4.74 Å². The van der Waals surface area contributed by atoms with Gasteiger partial charge in [0.25, 0.3) is 0 Å². The fraction of sp³-hybridized carbons (Fsp3) is 0.600. The van der Waals surface area contributed by atoms with E-state index in [2.05, 4.69) is 44.3 Å². The van der Waals surface area contributed by atoms with Crippen LogP contribution < -0.4 is 10.1 Å². The average molecular weight is 235 g/mol. The van der Waals surface area contributed by atoms with Gasteiger partial charge in [-0.15, -0.1) is 0 Å². The number of ether oxygens (including phenoxy) is 1. The normalized spacial score (nSPS) is 14.4. The highest BCUT2D eigenvalue weighted by Crippen LogP contribution is 2.14. The molecule has 0 aliphatic heterocycles. The molecular weight excluding hydrogens is 210 g/mol. The summed E-state index contributed by atoms with van der Waals surface area (Å²) in [6, 6.07) is 8.86. The molecule has 17 heavy (non-hydrogen) atoms. The molecule has 2 nitrogen and oxygen atoms in total. The minimum Gasteiger partial charge on any atom is -0.494 e. The second-order valence-electron chi connectivity index (χ2n) is 4.64. The maximum Gasteiger partial charge on any atom is 0.119 e. The molecule has 0 spiro atoms. The van der Waals surface area contributed by atoms with Gasteiger partial charge in [-0.25, -0.2) is 0 Å². The minimum atomic E-state index is 0.552. The van der Waals surface area contributed by atoms with Crippen LogP contribution in [0.4, 0.5) is 0 Å². The highest BCUT2D eigenvalue weighted by Gasteiger charge is 2.09. The van der Waals surface area contributed by atoms with Gasteiger partial charge in [0.2, 0.25) is 0 Å². The Balaban J connectivity index is 2.48. The van der Waals surface area contributed by atoms with Crippen molar-refractivity contribution in [2.24, 2.45) is 5.92 Å². The Bertz CT molecular complexity index is 324. The van der Waals surface area contributed by atoms with Gasteiger partial charge in [-0.2, -0.15) is 0 Å². The van der Waals surface area contributed by atoms with Gasteiger partial charge in [-0.1, -0.05) is 32.4 Å². The van der Waals surface area contributed by atoms with Gasteiger partial charge < -0.3 is 10.1 Å². The van der Waals surface area contributed by atoms with Crippen LogP contribution in [-0.2, 0) is 6.54 Å². The zero-order valence-corrected chi connectivity index (χ0v) is 11.5. The number of rotatable bonds is 7. The van der Waals surface area contributed by atoms with Gasteiger partial charge in [0.15, 0.2) is 0 Å². The minimum absolute atomic E-state index is 0.552. The van der Waals surface area contributed by atoms with E-state index < -0.39 is 0 Å². The summed E-state index contributed by atoms with van der Waals surface area (Å²) < 4.78 is 5.49. The molecule has 2 atom stereocenters. The molecule has 0 heterocycles. The molecule has 0 saturated heterocycles. The van der Waals surface area contributed by atoms with E-state index in [0.717, 1.165) is 18.9 Å². The van der Waals surface area contributed by atoms with Crippen LogP contribution in [0.15, 0.2) is 24.3 Å². The molecule has 1 N–H and O–H groups in total. The van der Waals surface area contributed by atoms with E-state index >= 15 is 0 Å². The summed E-state index contributed by atoms with van der Waals surface area (Å²) >= 11 is 0. The summed E-state index contributed by atoms with van der Waals surface area (Å²) in [5.41, 5.74) is 1.28. The Morgan fingerprint density at radius 3 is 2.65 bits per heavy atom. The first-order chi connectivity index (χ1) is 8.17. The standard InChI is InChI=1S/C15H25NO/c1-5-12(3)13(4)16-11-14-8-7-9-15(10-14)17-6-2/h7-10,12-13,16H,5-6,11H2,1-4H3. The quantitative estimate of drug-likeness (QED) is 0.779. The van der Waals surface area contributed by atoms with Crippen LogP contribution >= 0.6 is 0 Å².